The lowest BCUT2D eigenvalue weighted by Crippen LogP contribution is -1.86. The van der Waals surface area contributed by atoms with Gasteiger partial charge in [-0.2, -0.15) is 0 Å². The second kappa shape index (κ2) is 10.4. The Balaban J connectivity index is 0.000000288. The highest BCUT2D eigenvalue weighted by molar-refractivity contribution is 6.31. The lowest BCUT2D eigenvalue weighted by molar-refractivity contribution is 0.625. The minimum absolute atomic E-state index is 0. The Morgan fingerprint density at radius 3 is 1.93 bits per heavy atom. The fourth-order valence-electron chi connectivity index (χ4n) is 2.59. The third-order valence-corrected chi connectivity index (χ3v) is 4.41. The Bertz CT molecular complexity index is 908. The van der Waals surface area contributed by atoms with Crippen LogP contribution < -0.4 is 0 Å². The Hall–Kier alpha value is -1.97. The molecular formula is C22H21Cl2F3. The van der Waals surface area contributed by atoms with Gasteiger partial charge in [0.1, 0.15) is 17.5 Å². The van der Waals surface area contributed by atoms with Gasteiger partial charge in [0.2, 0.25) is 0 Å². The topological polar surface area (TPSA) is 0 Å². The number of aryl methyl sites for hydroxylation is 3. The van der Waals surface area contributed by atoms with E-state index in [9.17, 15) is 13.2 Å². The van der Waals surface area contributed by atoms with Crippen molar-refractivity contribution in [2.24, 2.45) is 0 Å². The molecule has 0 fully saturated rings. The molecule has 0 aliphatic carbocycles. The summed E-state index contributed by atoms with van der Waals surface area (Å²) in [7, 11) is 0. The van der Waals surface area contributed by atoms with Gasteiger partial charge in [-0.3, -0.25) is 0 Å². The highest BCUT2D eigenvalue weighted by Crippen LogP contribution is 2.27. The molecule has 0 aliphatic rings. The maximum absolute atomic E-state index is 13.1. The van der Waals surface area contributed by atoms with Crippen molar-refractivity contribution in [1.29, 1.82) is 0 Å². The van der Waals surface area contributed by atoms with Crippen molar-refractivity contribution in [3.63, 3.8) is 0 Å². The van der Waals surface area contributed by atoms with Crippen LogP contribution in [0.15, 0.2) is 54.6 Å². The van der Waals surface area contributed by atoms with Gasteiger partial charge in [0.25, 0.3) is 0 Å². The van der Waals surface area contributed by atoms with E-state index in [1.165, 1.54) is 35.9 Å². The van der Waals surface area contributed by atoms with Crippen molar-refractivity contribution in [2.45, 2.75) is 27.2 Å². The average Bonchev–Trinajstić information content (AvgIpc) is 2.62. The van der Waals surface area contributed by atoms with E-state index >= 15 is 0 Å². The van der Waals surface area contributed by atoms with Crippen molar-refractivity contribution in [3.8, 4) is 11.1 Å². The summed E-state index contributed by atoms with van der Waals surface area (Å²) < 4.78 is 38.6. The summed E-state index contributed by atoms with van der Waals surface area (Å²) in [6.45, 7) is 5.89. The zero-order valence-corrected chi connectivity index (χ0v) is 16.9. The van der Waals surface area contributed by atoms with Crippen LogP contribution in [0.3, 0.4) is 0 Å². The van der Waals surface area contributed by atoms with E-state index in [1.54, 1.807) is 18.2 Å². The standard InChI is InChI=1S/C13H9ClF2.C9H11F.ClH/c1-8-2-4-10(15)7-11(8)9-3-5-13(16)12(14)6-9;1-3-8-6-9(10)5-4-7(8)2;/h2-7H,1H3;4-6H,3H2,1-2H3;1H. The van der Waals surface area contributed by atoms with E-state index in [1.807, 2.05) is 26.8 Å². The van der Waals surface area contributed by atoms with Crippen molar-refractivity contribution >= 4 is 24.0 Å². The molecule has 0 amide bonds. The van der Waals surface area contributed by atoms with E-state index in [0.29, 0.717) is 5.56 Å². The molecule has 0 atom stereocenters. The number of hydrogen-bond acceptors (Lipinski definition) is 0. The Kier molecular flexibility index (Phi) is 8.87. The van der Waals surface area contributed by atoms with Crippen molar-refractivity contribution in [3.05, 3.63) is 93.8 Å². The zero-order chi connectivity index (χ0) is 19.3. The highest BCUT2D eigenvalue weighted by Gasteiger charge is 2.06. The van der Waals surface area contributed by atoms with Gasteiger partial charge in [-0.1, -0.05) is 36.7 Å². The zero-order valence-electron chi connectivity index (χ0n) is 15.3. The van der Waals surface area contributed by atoms with Gasteiger partial charge in [-0.05, 0) is 84.5 Å². The summed E-state index contributed by atoms with van der Waals surface area (Å²) in [5.74, 6) is -0.928. The molecule has 0 nitrogen and oxygen atoms in total. The summed E-state index contributed by atoms with van der Waals surface area (Å²) in [6, 6.07) is 13.8. The van der Waals surface area contributed by atoms with E-state index in [0.717, 1.165) is 23.1 Å². The maximum Gasteiger partial charge on any atom is 0.141 e. The smallest absolute Gasteiger partial charge is 0.141 e. The van der Waals surface area contributed by atoms with Crippen LogP contribution in [0.2, 0.25) is 5.02 Å². The molecule has 0 unspecified atom stereocenters. The van der Waals surface area contributed by atoms with E-state index in [2.05, 4.69) is 0 Å². The fourth-order valence-corrected chi connectivity index (χ4v) is 2.77. The molecule has 3 rings (SSSR count). The van der Waals surface area contributed by atoms with Crippen LogP contribution in [0.25, 0.3) is 11.1 Å². The van der Waals surface area contributed by atoms with E-state index in [4.69, 9.17) is 11.6 Å². The molecule has 0 aromatic heterocycles. The van der Waals surface area contributed by atoms with Crippen LogP contribution >= 0.6 is 24.0 Å². The van der Waals surface area contributed by atoms with Gasteiger partial charge in [0, 0.05) is 0 Å². The minimum atomic E-state index is -0.473. The van der Waals surface area contributed by atoms with Gasteiger partial charge < -0.3 is 0 Å². The highest BCUT2D eigenvalue weighted by atomic mass is 35.5. The Morgan fingerprint density at radius 2 is 1.37 bits per heavy atom. The molecule has 27 heavy (non-hydrogen) atoms. The molecule has 0 saturated carbocycles. The molecule has 0 aliphatic heterocycles. The summed E-state index contributed by atoms with van der Waals surface area (Å²) in [5.41, 5.74) is 4.62. The minimum Gasteiger partial charge on any atom is -0.207 e. The molecular weight excluding hydrogens is 392 g/mol. The van der Waals surface area contributed by atoms with Crippen LogP contribution in [0.4, 0.5) is 13.2 Å². The first-order valence-corrected chi connectivity index (χ1v) is 8.66. The second-order valence-electron chi connectivity index (χ2n) is 6.01. The Labute approximate surface area is 169 Å². The first kappa shape index (κ1) is 23.1. The molecule has 0 bridgehead atoms. The summed E-state index contributed by atoms with van der Waals surface area (Å²) in [5, 5.41) is 0.0427. The third kappa shape index (κ3) is 6.30. The number of benzene rings is 3. The molecule has 0 spiro atoms. The van der Waals surface area contributed by atoms with E-state index < -0.39 is 5.82 Å². The van der Waals surface area contributed by atoms with Crippen LogP contribution in [0, 0.1) is 31.3 Å². The average molecular weight is 413 g/mol. The summed E-state index contributed by atoms with van der Waals surface area (Å²) in [6.07, 6.45) is 0.906. The lowest BCUT2D eigenvalue weighted by atomic mass is 10.0. The van der Waals surface area contributed by atoms with Crippen LogP contribution in [0.1, 0.15) is 23.6 Å². The van der Waals surface area contributed by atoms with Crippen molar-refractivity contribution < 1.29 is 13.2 Å². The molecule has 144 valence electrons. The molecule has 3 aromatic rings. The molecule has 0 N–H and O–H groups in total. The predicted octanol–water partition coefficient (Wildman–Crippen LogP) is 7.71. The second-order valence-corrected chi connectivity index (χ2v) is 6.42. The third-order valence-electron chi connectivity index (χ3n) is 4.12. The van der Waals surface area contributed by atoms with E-state index in [-0.39, 0.29) is 29.1 Å². The Morgan fingerprint density at radius 1 is 0.778 bits per heavy atom. The lowest BCUT2D eigenvalue weighted by Gasteiger charge is -2.07. The SMILES string of the molecule is CCc1cc(F)ccc1C.Cc1ccc(F)cc1-c1ccc(F)c(Cl)c1.Cl. The molecule has 5 heteroatoms. The first-order chi connectivity index (χ1) is 12.3. The van der Waals surface area contributed by atoms with Gasteiger partial charge in [-0.15, -0.1) is 12.4 Å². The van der Waals surface area contributed by atoms with Crippen LogP contribution in [0.5, 0.6) is 0 Å². The van der Waals surface area contributed by atoms with Gasteiger partial charge in [-0.25, -0.2) is 13.2 Å². The number of rotatable bonds is 2. The maximum atomic E-state index is 13.1. The normalized spacial score (nSPS) is 9.89. The molecule has 0 radical (unpaired) electrons. The van der Waals surface area contributed by atoms with Crippen LogP contribution in [-0.4, -0.2) is 0 Å². The van der Waals surface area contributed by atoms with Crippen molar-refractivity contribution in [1.82, 2.24) is 0 Å². The van der Waals surface area contributed by atoms with Gasteiger partial charge in [0.05, 0.1) is 5.02 Å². The number of hydrogen-bond donors (Lipinski definition) is 0. The monoisotopic (exact) mass is 412 g/mol. The largest absolute Gasteiger partial charge is 0.207 e. The quantitative estimate of drug-likeness (QED) is 0.404. The first-order valence-electron chi connectivity index (χ1n) is 8.28. The van der Waals surface area contributed by atoms with Gasteiger partial charge in [0.15, 0.2) is 0 Å². The molecule has 0 saturated heterocycles. The van der Waals surface area contributed by atoms with Crippen LogP contribution in [-0.2, 0) is 6.42 Å². The molecule has 0 heterocycles. The summed E-state index contributed by atoms with van der Waals surface area (Å²) in [4.78, 5) is 0. The summed E-state index contributed by atoms with van der Waals surface area (Å²) >= 11 is 5.69. The fraction of sp³-hybridized carbons (Fsp3) is 0.182. The predicted molar refractivity (Wildman–Crippen MR) is 109 cm³/mol. The number of halogens is 5. The van der Waals surface area contributed by atoms with Gasteiger partial charge >= 0.3 is 0 Å². The molecule has 3 aromatic carbocycles. The van der Waals surface area contributed by atoms with Crippen molar-refractivity contribution in [2.75, 3.05) is 0 Å².